The first-order chi connectivity index (χ1) is 15.2. The number of hydrogen-bond donors (Lipinski definition) is 3. The number of carbonyl (C=O) groups excluding carboxylic acids is 2. The van der Waals surface area contributed by atoms with Crippen molar-refractivity contribution >= 4 is 34.7 Å². The van der Waals surface area contributed by atoms with Gasteiger partial charge in [0.2, 0.25) is 0 Å². The first-order valence-electron chi connectivity index (χ1n) is 9.79. The van der Waals surface area contributed by atoms with Crippen LogP contribution in [0.1, 0.15) is 38.8 Å². The third-order valence-electron chi connectivity index (χ3n) is 4.73. The van der Waals surface area contributed by atoms with Gasteiger partial charge in [-0.25, -0.2) is 8.78 Å². The summed E-state index contributed by atoms with van der Waals surface area (Å²) in [5.41, 5.74) is 1.94. The average Bonchev–Trinajstić information content (AvgIpc) is 2.74. The highest BCUT2D eigenvalue weighted by atomic mass is 35.5. The van der Waals surface area contributed by atoms with Gasteiger partial charge in [0.1, 0.15) is 11.6 Å². The molecule has 0 aliphatic heterocycles. The number of aliphatic hydroxyl groups excluding tert-OH is 1. The van der Waals surface area contributed by atoms with Gasteiger partial charge in [0.05, 0.1) is 16.8 Å². The standard InChI is InChI=1S/C24H21ClF2N2O3/c1-13-3-4-15(24(32)28-12-14(2)30)9-19(13)23(31)18-7-6-17(11-20(18)25)29-22-8-5-16(26)10-21(22)27/h3-11,14,29-30H,12H2,1-2H3,(H,28,32). The van der Waals surface area contributed by atoms with Gasteiger partial charge in [-0.05, 0) is 61.9 Å². The summed E-state index contributed by atoms with van der Waals surface area (Å²) < 4.78 is 27.0. The van der Waals surface area contributed by atoms with Crippen LogP contribution in [0.4, 0.5) is 20.2 Å². The molecule has 3 aromatic rings. The third-order valence-corrected chi connectivity index (χ3v) is 5.04. The molecule has 1 unspecified atom stereocenters. The smallest absolute Gasteiger partial charge is 0.251 e. The average molecular weight is 459 g/mol. The maximum atomic E-state index is 13.9. The van der Waals surface area contributed by atoms with Crippen LogP contribution in [0, 0.1) is 18.6 Å². The molecule has 3 aromatic carbocycles. The van der Waals surface area contributed by atoms with Crippen LogP contribution in [0.2, 0.25) is 5.02 Å². The molecule has 1 atom stereocenters. The van der Waals surface area contributed by atoms with E-state index in [1.54, 1.807) is 32.0 Å². The first-order valence-corrected chi connectivity index (χ1v) is 10.2. The Morgan fingerprint density at radius 1 is 1.03 bits per heavy atom. The van der Waals surface area contributed by atoms with Crippen molar-refractivity contribution in [2.75, 3.05) is 11.9 Å². The van der Waals surface area contributed by atoms with E-state index in [-0.39, 0.29) is 34.2 Å². The molecular weight excluding hydrogens is 438 g/mol. The Balaban J connectivity index is 1.84. The van der Waals surface area contributed by atoms with Crippen molar-refractivity contribution < 1.29 is 23.5 Å². The highest BCUT2D eigenvalue weighted by Gasteiger charge is 2.18. The Morgan fingerprint density at radius 2 is 1.78 bits per heavy atom. The largest absolute Gasteiger partial charge is 0.392 e. The minimum atomic E-state index is -0.761. The Bertz CT molecular complexity index is 1180. The van der Waals surface area contributed by atoms with Gasteiger partial charge in [0.15, 0.2) is 5.78 Å². The van der Waals surface area contributed by atoms with Gasteiger partial charge in [-0.3, -0.25) is 9.59 Å². The molecule has 0 saturated heterocycles. The van der Waals surface area contributed by atoms with E-state index in [1.165, 1.54) is 24.3 Å². The molecule has 5 nitrogen and oxygen atoms in total. The number of halogens is 3. The number of anilines is 2. The van der Waals surface area contributed by atoms with Crippen LogP contribution in [0.3, 0.4) is 0 Å². The molecule has 0 aliphatic rings. The topological polar surface area (TPSA) is 78.4 Å². The lowest BCUT2D eigenvalue weighted by molar-refractivity contribution is 0.0924. The predicted molar refractivity (Wildman–Crippen MR) is 120 cm³/mol. The fourth-order valence-electron chi connectivity index (χ4n) is 3.02. The monoisotopic (exact) mass is 458 g/mol. The van der Waals surface area contributed by atoms with Gasteiger partial charge in [0, 0.05) is 35.0 Å². The summed E-state index contributed by atoms with van der Waals surface area (Å²) in [5, 5.41) is 14.8. The zero-order chi connectivity index (χ0) is 23.4. The number of benzene rings is 3. The molecule has 3 N–H and O–H groups in total. The van der Waals surface area contributed by atoms with Crippen molar-refractivity contribution in [2.24, 2.45) is 0 Å². The van der Waals surface area contributed by atoms with Gasteiger partial charge in [-0.1, -0.05) is 17.7 Å². The lowest BCUT2D eigenvalue weighted by atomic mass is 9.96. The van der Waals surface area contributed by atoms with E-state index in [4.69, 9.17) is 11.6 Å². The molecule has 0 spiro atoms. The van der Waals surface area contributed by atoms with Crippen molar-refractivity contribution in [3.05, 3.63) is 93.5 Å². The number of nitrogens with one attached hydrogen (secondary N) is 2. The van der Waals surface area contributed by atoms with Crippen LogP contribution in [0.5, 0.6) is 0 Å². The minimum absolute atomic E-state index is 0.0632. The van der Waals surface area contributed by atoms with E-state index in [0.717, 1.165) is 12.1 Å². The lowest BCUT2D eigenvalue weighted by Crippen LogP contribution is -2.30. The summed E-state index contributed by atoms with van der Waals surface area (Å²) >= 11 is 6.32. The predicted octanol–water partition coefficient (Wildman–Crippen LogP) is 5.01. The van der Waals surface area contributed by atoms with E-state index in [2.05, 4.69) is 10.6 Å². The van der Waals surface area contributed by atoms with Crippen molar-refractivity contribution in [1.82, 2.24) is 5.32 Å². The molecule has 0 bridgehead atoms. The molecule has 0 aromatic heterocycles. The Kier molecular flexibility index (Phi) is 7.22. The van der Waals surface area contributed by atoms with Crippen LogP contribution < -0.4 is 10.6 Å². The molecule has 166 valence electrons. The zero-order valence-electron chi connectivity index (χ0n) is 17.4. The van der Waals surface area contributed by atoms with Crippen molar-refractivity contribution in [2.45, 2.75) is 20.0 Å². The molecule has 32 heavy (non-hydrogen) atoms. The zero-order valence-corrected chi connectivity index (χ0v) is 18.1. The quantitative estimate of drug-likeness (QED) is 0.435. The van der Waals surface area contributed by atoms with Crippen molar-refractivity contribution in [3.63, 3.8) is 0 Å². The summed E-state index contributed by atoms with van der Waals surface area (Å²) in [6.07, 6.45) is -0.695. The molecule has 1 amide bonds. The van der Waals surface area contributed by atoms with Gasteiger partial charge >= 0.3 is 0 Å². The number of amides is 1. The molecule has 0 heterocycles. The second-order valence-electron chi connectivity index (χ2n) is 7.36. The summed E-state index contributed by atoms with van der Waals surface area (Å²) in [5.74, 6) is -2.24. The van der Waals surface area contributed by atoms with Crippen LogP contribution >= 0.6 is 11.6 Å². The Morgan fingerprint density at radius 3 is 2.44 bits per heavy atom. The van der Waals surface area contributed by atoms with Crippen molar-refractivity contribution in [3.8, 4) is 0 Å². The SMILES string of the molecule is Cc1ccc(C(=O)NCC(C)O)cc1C(=O)c1ccc(Nc2ccc(F)cc2F)cc1Cl. The highest BCUT2D eigenvalue weighted by Crippen LogP contribution is 2.28. The molecule has 0 saturated carbocycles. The van der Waals surface area contributed by atoms with E-state index in [1.807, 2.05) is 0 Å². The third kappa shape index (κ3) is 5.49. The molecule has 0 fully saturated rings. The summed E-state index contributed by atoms with van der Waals surface area (Å²) in [4.78, 5) is 25.4. The van der Waals surface area contributed by atoms with Gasteiger partial charge in [-0.15, -0.1) is 0 Å². The molecule has 3 rings (SSSR count). The maximum absolute atomic E-state index is 13.9. The maximum Gasteiger partial charge on any atom is 0.251 e. The van der Waals surface area contributed by atoms with Crippen LogP contribution in [0.15, 0.2) is 54.6 Å². The number of carbonyl (C=O) groups is 2. The molecular formula is C24H21ClF2N2O3. The Labute approximate surface area is 189 Å². The number of aryl methyl sites for hydroxylation is 1. The number of rotatable bonds is 7. The molecule has 0 radical (unpaired) electrons. The highest BCUT2D eigenvalue weighted by molar-refractivity contribution is 6.35. The summed E-state index contributed by atoms with van der Waals surface area (Å²) in [6, 6.07) is 12.4. The van der Waals surface area contributed by atoms with E-state index in [0.29, 0.717) is 16.8 Å². The number of hydrogen-bond acceptors (Lipinski definition) is 4. The fraction of sp³-hybridized carbons (Fsp3) is 0.167. The van der Waals surface area contributed by atoms with Gasteiger partial charge in [-0.2, -0.15) is 0 Å². The van der Waals surface area contributed by atoms with Crippen LogP contribution in [-0.4, -0.2) is 29.4 Å². The van der Waals surface area contributed by atoms with E-state index in [9.17, 15) is 23.5 Å². The number of aliphatic hydroxyl groups is 1. The van der Waals surface area contributed by atoms with Gasteiger partial charge in [0.25, 0.3) is 5.91 Å². The lowest BCUT2D eigenvalue weighted by Gasteiger charge is -2.12. The second kappa shape index (κ2) is 9.89. The van der Waals surface area contributed by atoms with Crippen LogP contribution in [-0.2, 0) is 0 Å². The summed E-state index contributed by atoms with van der Waals surface area (Å²) in [7, 11) is 0. The number of ketones is 1. The van der Waals surface area contributed by atoms with Crippen molar-refractivity contribution in [1.29, 1.82) is 0 Å². The first kappa shape index (κ1) is 23.4. The van der Waals surface area contributed by atoms with E-state index < -0.39 is 23.6 Å². The Hall–Kier alpha value is -3.29. The summed E-state index contributed by atoms with van der Waals surface area (Å²) in [6.45, 7) is 3.38. The molecule has 0 aliphatic carbocycles. The fourth-order valence-corrected chi connectivity index (χ4v) is 3.29. The van der Waals surface area contributed by atoms with Crippen LogP contribution in [0.25, 0.3) is 0 Å². The van der Waals surface area contributed by atoms with Gasteiger partial charge < -0.3 is 15.7 Å². The normalized spacial score (nSPS) is 11.7. The second-order valence-corrected chi connectivity index (χ2v) is 7.77. The van der Waals surface area contributed by atoms with E-state index >= 15 is 0 Å². The molecule has 8 heteroatoms. The minimum Gasteiger partial charge on any atom is -0.392 e.